The highest BCUT2D eigenvalue weighted by Crippen LogP contribution is 2.39. The molecule has 2 heterocycles. The first-order chi connectivity index (χ1) is 8.60. The summed E-state index contributed by atoms with van der Waals surface area (Å²) in [6, 6.07) is 0.297. The quantitative estimate of drug-likeness (QED) is 0.861. The van der Waals surface area contributed by atoms with Crippen LogP contribution in [0.2, 0.25) is 0 Å². The fourth-order valence-electron chi connectivity index (χ4n) is 2.78. The van der Waals surface area contributed by atoms with Crippen LogP contribution in [-0.2, 0) is 6.54 Å². The zero-order valence-corrected chi connectivity index (χ0v) is 12.0. The second kappa shape index (κ2) is 5.26. The molecule has 102 valence electrons. The number of piperidine rings is 1. The molecule has 5 heteroatoms. The van der Waals surface area contributed by atoms with Gasteiger partial charge in [0.25, 0.3) is 0 Å². The van der Waals surface area contributed by atoms with Crippen molar-refractivity contribution in [2.24, 2.45) is 5.41 Å². The molecule has 0 aliphatic carbocycles. The topological polar surface area (TPSA) is 54.8 Å². The predicted molar refractivity (Wildman–Crippen MR) is 73.6 cm³/mol. The average Bonchev–Trinajstić information content (AvgIpc) is 2.72. The fraction of sp³-hybridized carbons (Fsp3) is 0.846. The molecule has 2 rings (SSSR count). The molecule has 1 unspecified atom stereocenters. The van der Waals surface area contributed by atoms with E-state index in [1.807, 2.05) is 0 Å². The first kappa shape index (κ1) is 13.3. The van der Waals surface area contributed by atoms with Crippen LogP contribution in [0.5, 0.6) is 0 Å². The molecule has 1 atom stereocenters. The highest BCUT2D eigenvalue weighted by atomic mass is 15.4. The van der Waals surface area contributed by atoms with Crippen LogP contribution in [-0.4, -0.2) is 27.9 Å². The summed E-state index contributed by atoms with van der Waals surface area (Å²) in [5, 5.41) is 15.6. The minimum Gasteiger partial charge on any atom is -0.355 e. The second-order valence-electron chi connectivity index (χ2n) is 5.64. The van der Waals surface area contributed by atoms with Gasteiger partial charge in [-0.25, -0.2) is 0 Å². The van der Waals surface area contributed by atoms with Gasteiger partial charge in [-0.1, -0.05) is 13.8 Å². The lowest BCUT2D eigenvalue weighted by atomic mass is 9.77. The maximum absolute atomic E-state index is 4.41. The van der Waals surface area contributed by atoms with Crippen LogP contribution < -0.4 is 10.6 Å². The van der Waals surface area contributed by atoms with Gasteiger partial charge in [0.2, 0.25) is 5.95 Å². The molecule has 1 aliphatic rings. The van der Waals surface area contributed by atoms with Gasteiger partial charge in [-0.05, 0) is 38.6 Å². The Bertz CT molecular complexity index is 396. The molecule has 1 aromatic rings. The largest absolute Gasteiger partial charge is 0.355 e. The van der Waals surface area contributed by atoms with Gasteiger partial charge in [0.15, 0.2) is 5.82 Å². The van der Waals surface area contributed by atoms with Crippen LogP contribution in [0, 0.1) is 5.41 Å². The number of hydrogen-bond acceptors (Lipinski definition) is 4. The standard InChI is InChI=1S/C13H25N5/c1-5-14-12-17-16-11(18(12)6-2)10-13(3,4)8-7-9-15-10/h10,15H,5-9H2,1-4H3,(H,14,17). The van der Waals surface area contributed by atoms with Gasteiger partial charge in [-0.2, -0.15) is 0 Å². The maximum atomic E-state index is 4.41. The van der Waals surface area contributed by atoms with Gasteiger partial charge in [-0.15, -0.1) is 10.2 Å². The maximum Gasteiger partial charge on any atom is 0.224 e. The van der Waals surface area contributed by atoms with Crippen molar-refractivity contribution in [3.8, 4) is 0 Å². The number of aromatic nitrogens is 3. The third-order valence-electron chi connectivity index (χ3n) is 3.82. The number of nitrogens with zero attached hydrogens (tertiary/aromatic N) is 3. The van der Waals surface area contributed by atoms with E-state index < -0.39 is 0 Å². The van der Waals surface area contributed by atoms with E-state index in [9.17, 15) is 0 Å². The Labute approximate surface area is 109 Å². The van der Waals surface area contributed by atoms with Gasteiger partial charge < -0.3 is 10.6 Å². The molecular weight excluding hydrogens is 226 g/mol. The summed E-state index contributed by atoms with van der Waals surface area (Å²) in [4.78, 5) is 0. The van der Waals surface area contributed by atoms with Gasteiger partial charge in [-0.3, -0.25) is 4.57 Å². The van der Waals surface area contributed by atoms with Crippen LogP contribution in [0.4, 0.5) is 5.95 Å². The van der Waals surface area contributed by atoms with Crippen molar-refractivity contribution >= 4 is 5.95 Å². The molecule has 2 N–H and O–H groups in total. The molecule has 18 heavy (non-hydrogen) atoms. The van der Waals surface area contributed by atoms with Crippen molar-refractivity contribution in [1.82, 2.24) is 20.1 Å². The molecule has 5 nitrogen and oxygen atoms in total. The summed E-state index contributed by atoms with van der Waals surface area (Å²) < 4.78 is 2.19. The smallest absolute Gasteiger partial charge is 0.224 e. The molecule has 1 fully saturated rings. The number of hydrogen-bond donors (Lipinski definition) is 2. The minimum absolute atomic E-state index is 0.238. The minimum atomic E-state index is 0.238. The van der Waals surface area contributed by atoms with Crippen molar-refractivity contribution in [3.63, 3.8) is 0 Å². The normalized spacial score (nSPS) is 23.0. The zero-order valence-electron chi connectivity index (χ0n) is 12.0. The van der Waals surface area contributed by atoms with Crippen LogP contribution in [0.3, 0.4) is 0 Å². The molecule has 1 aliphatic heterocycles. The predicted octanol–water partition coefficient (Wildman–Crippen LogP) is 2.18. The highest BCUT2D eigenvalue weighted by Gasteiger charge is 2.36. The fourth-order valence-corrected chi connectivity index (χ4v) is 2.78. The molecule has 0 saturated carbocycles. The van der Waals surface area contributed by atoms with Crippen molar-refractivity contribution in [3.05, 3.63) is 5.82 Å². The molecule has 0 aromatic carbocycles. The van der Waals surface area contributed by atoms with Gasteiger partial charge in [0.05, 0.1) is 6.04 Å². The van der Waals surface area contributed by atoms with Crippen molar-refractivity contribution in [2.45, 2.75) is 53.1 Å². The van der Waals surface area contributed by atoms with Crippen molar-refractivity contribution in [2.75, 3.05) is 18.4 Å². The molecule has 1 aromatic heterocycles. The van der Waals surface area contributed by atoms with Crippen LogP contribution >= 0.6 is 0 Å². The van der Waals surface area contributed by atoms with E-state index in [0.717, 1.165) is 31.4 Å². The zero-order chi connectivity index (χ0) is 13.2. The Morgan fingerprint density at radius 3 is 2.78 bits per heavy atom. The van der Waals surface area contributed by atoms with Crippen molar-refractivity contribution in [1.29, 1.82) is 0 Å². The van der Waals surface area contributed by atoms with E-state index in [4.69, 9.17) is 0 Å². The third kappa shape index (κ3) is 2.36. The van der Waals surface area contributed by atoms with E-state index in [-0.39, 0.29) is 5.41 Å². The van der Waals surface area contributed by atoms with Crippen molar-refractivity contribution < 1.29 is 0 Å². The lowest BCUT2D eigenvalue weighted by Gasteiger charge is -2.38. The Balaban J connectivity index is 2.31. The van der Waals surface area contributed by atoms with Crippen LogP contribution in [0.1, 0.15) is 52.4 Å². The molecule has 0 radical (unpaired) electrons. The van der Waals surface area contributed by atoms with Gasteiger partial charge >= 0.3 is 0 Å². The van der Waals surface area contributed by atoms with E-state index in [1.54, 1.807) is 0 Å². The summed E-state index contributed by atoms with van der Waals surface area (Å²) in [5.41, 5.74) is 0.238. The number of anilines is 1. The van der Waals surface area contributed by atoms with Crippen LogP contribution in [0.25, 0.3) is 0 Å². The number of nitrogens with one attached hydrogen (secondary N) is 2. The molecular formula is C13H25N5. The summed E-state index contributed by atoms with van der Waals surface area (Å²) in [6.45, 7) is 11.7. The molecule has 0 bridgehead atoms. The third-order valence-corrected chi connectivity index (χ3v) is 3.82. The molecule has 1 saturated heterocycles. The second-order valence-corrected chi connectivity index (χ2v) is 5.64. The van der Waals surface area contributed by atoms with E-state index in [2.05, 4.69) is 53.1 Å². The SMILES string of the molecule is CCNc1nnc(C2NCCCC2(C)C)n1CC. The van der Waals surface area contributed by atoms with Gasteiger partial charge in [0.1, 0.15) is 0 Å². The Kier molecular flexibility index (Phi) is 3.90. The summed E-state index contributed by atoms with van der Waals surface area (Å²) >= 11 is 0. The number of rotatable bonds is 4. The lowest BCUT2D eigenvalue weighted by molar-refractivity contribution is 0.170. The van der Waals surface area contributed by atoms with Gasteiger partial charge in [0, 0.05) is 13.1 Å². The summed E-state index contributed by atoms with van der Waals surface area (Å²) in [5.74, 6) is 1.95. The molecule has 0 amide bonds. The Hall–Kier alpha value is -1.10. The summed E-state index contributed by atoms with van der Waals surface area (Å²) in [6.07, 6.45) is 2.47. The monoisotopic (exact) mass is 251 g/mol. The Morgan fingerprint density at radius 2 is 2.17 bits per heavy atom. The van der Waals surface area contributed by atoms with E-state index in [1.165, 1.54) is 12.8 Å². The average molecular weight is 251 g/mol. The summed E-state index contributed by atoms with van der Waals surface area (Å²) in [7, 11) is 0. The Morgan fingerprint density at radius 1 is 1.39 bits per heavy atom. The van der Waals surface area contributed by atoms with E-state index in [0.29, 0.717) is 6.04 Å². The first-order valence-electron chi connectivity index (χ1n) is 7.00. The highest BCUT2D eigenvalue weighted by molar-refractivity contribution is 5.27. The lowest BCUT2D eigenvalue weighted by Crippen LogP contribution is -2.41. The first-order valence-corrected chi connectivity index (χ1v) is 7.00. The van der Waals surface area contributed by atoms with E-state index >= 15 is 0 Å². The molecule has 0 spiro atoms. The van der Waals surface area contributed by atoms with Crippen LogP contribution in [0.15, 0.2) is 0 Å².